The van der Waals surface area contributed by atoms with Gasteiger partial charge in [0.2, 0.25) is 0 Å². The zero-order chi connectivity index (χ0) is 27.3. The number of alkyl halides is 3. The minimum Gasteiger partial charge on any atom is -0.291 e. The van der Waals surface area contributed by atoms with Crippen molar-refractivity contribution in [3.8, 4) is 0 Å². The minimum absolute atomic E-state index is 0.418. The number of benzene rings is 6. The van der Waals surface area contributed by atoms with E-state index in [1.807, 2.05) is 54.6 Å². The third-order valence-corrected chi connectivity index (χ3v) is 13.1. The van der Waals surface area contributed by atoms with Crippen molar-refractivity contribution in [3.63, 3.8) is 0 Å². The van der Waals surface area contributed by atoms with Gasteiger partial charge < -0.3 is 0 Å². The predicted molar refractivity (Wildman–Crippen MR) is 153 cm³/mol. The average Bonchev–Trinajstić information content (AvgIpc) is 2.94. The fourth-order valence-electron chi connectivity index (χ4n) is 5.38. The molecule has 0 N–H and O–H groups in total. The van der Waals surface area contributed by atoms with E-state index in [1.165, 1.54) is 0 Å². The summed E-state index contributed by atoms with van der Waals surface area (Å²) in [6.45, 7) is 0. The second kappa shape index (κ2) is 9.34. The molecule has 0 heterocycles. The fraction of sp³-hybridized carbons (Fsp3) is 0.0323. The van der Waals surface area contributed by atoms with Crippen molar-refractivity contribution < 1.29 is 25.5 Å². The van der Waals surface area contributed by atoms with Gasteiger partial charge in [-0.15, -0.1) is 0 Å². The molecule has 0 atom stereocenters. The quantitative estimate of drug-likeness (QED) is 0.149. The standard InChI is InChI=1S/C31H21F3O3SSi/c32-31(33,34)38(35,36)37-39(28-19-7-13-22-10-1-4-16-25(22)28,29-20-8-14-23-11-2-5-17-26(23)29)30-21-9-15-24-12-3-6-18-27(24)30/h1-21H. The molecule has 6 rings (SSSR count). The fourth-order valence-corrected chi connectivity index (χ4v) is 11.8. The topological polar surface area (TPSA) is 43.4 Å². The van der Waals surface area contributed by atoms with E-state index in [1.54, 1.807) is 72.8 Å². The van der Waals surface area contributed by atoms with Gasteiger partial charge in [-0.3, -0.25) is 3.87 Å². The molecule has 0 amide bonds. The Kier molecular flexibility index (Phi) is 6.06. The van der Waals surface area contributed by atoms with E-state index in [4.69, 9.17) is 3.87 Å². The summed E-state index contributed by atoms with van der Waals surface area (Å²) in [4.78, 5) is 0. The highest BCUT2D eigenvalue weighted by molar-refractivity contribution is 7.89. The van der Waals surface area contributed by atoms with Gasteiger partial charge in [0.25, 0.3) is 0 Å². The van der Waals surface area contributed by atoms with E-state index in [0.29, 0.717) is 31.7 Å². The van der Waals surface area contributed by atoms with Crippen LogP contribution in [0, 0.1) is 0 Å². The Hall–Kier alpha value is -3.98. The van der Waals surface area contributed by atoms with Gasteiger partial charge in [0, 0.05) is 0 Å². The van der Waals surface area contributed by atoms with Crippen LogP contribution >= 0.6 is 0 Å². The molecule has 6 aromatic carbocycles. The van der Waals surface area contributed by atoms with Crippen LogP contribution in [0.1, 0.15) is 0 Å². The molecule has 0 unspecified atom stereocenters. The van der Waals surface area contributed by atoms with Crippen LogP contribution in [0.25, 0.3) is 32.3 Å². The Balaban J connectivity index is 1.89. The van der Waals surface area contributed by atoms with Gasteiger partial charge in [-0.2, -0.15) is 21.6 Å². The maximum absolute atomic E-state index is 14.2. The summed E-state index contributed by atoms with van der Waals surface area (Å²) >= 11 is 0. The summed E-state index contributed by atoms with van der Waals surface area (Å²) in [6.07, 6.45) is 0. The molecule has 0 aliphatic rings. The lowest BCUT2D eigenvalue weighted by atomic mass is 10.1. The van der Waals surface area contributed by atoms with Crippen molar-refractivity contribution in [3.05, 3.63) is 127 Å². The maximum atomic E-state index is 14.2. The van der Waals surface area contributed by atoms with E-state index in [2.05, 4.69) is 0 Å². The van der Waals surface area contributed by atoms with Crippen LogP contribution < -0.4 is 15.6 Å². The monoisotopic (exact) mass is 558 g/mol. The van der Waals surface area contributed by atoms with Crippen molar-refractivity contribution in [2.45, 2.75) is 5.51 Å². The van der Waals surface area contributed by atoms with E-state index >= 15 is 0 Å². The Morgan fingerprint density at radius 3 is 1.13 bits per heavy atom. The molecule has 0 aromatic heterocycles. The van der Waals surface area contributed by atoms with Gasteiger partial charge >= 0.3 is 23.9 Å². The van der Waals surface area contributed by atoms with Crippen LogP contribution in [-0.2, 0) is 14.0 Å². The Morgan fingerprint density at radius 1 is 0.487 bits per heavy atom. The molecule has 0 radical (unpaired) electrons. The third kappa shape index (κ3) is 4.12. The van der Waals surface area contributed by atoms with Crippen molar-refractivity contribution in [1.29, 1.82) is 0 Å². The lowest BCUT2D eigenvalue weighted by Crippen LogP contribution is -2.71. The van der Waals surface area contributed by atoms with Gasteiger partial charge in [-0.05, 0) is 47.9 Å². The molecule has 3 nitrogen and oxygen atoms in total. The summed E-state index contributed by atoms with van der Waals surface area (Å²) in [5.41, 5.74) is -5.62. The van der Waals surface area contributed by atoms with E-state index in [9.17, 15) is 21.6 Å². The van der Waals surface area contributed by atoms with Gasteiger partial charge in [0.1, 0.15) is 0 Å². The van der Waals surface area contributed by atoms with Gasteiger partial charge in [-0.25, -0.2) is 0 Å². The van der Waals surface area contributed by atoms with Crippen LogP contribution in [-0.4, -0.2) is 22.2 Å². The predicted octanol–water partition coefficient (Wildman–Crippen LogP) is 5.98. The highest BCUT2D eigenvalue weighted by atomic mass is 32.2. The van der Waals surface area contributed by atoms with Crippen molar-refractivity contribution in [2.75, 3.05) is 0 Å². The number of hydrogen-bond donors (Lipinski definition) is 0. The van der Waals surface area contributed by atoms with E-state index < -0.39 is 23.9 Å². The molecule has 0 aliphatic heterocycles. The van der Waals surface area contributed by atoms with Crippen LogP contribution in [0.4, 0.5) is 13.2 Å². The van der Waals surface area contributed by atoms with Gasteiger partial charge in [0.15, 0.2) is 0 Å². The smallest absolute Gasteiger partial charge is 0.291 e. The number of fused-ring (bicyclic) bond motifs is 3. The largest absolute Gasteiger partial charge is 0.522 e. The molecule has 8 heteroatoms. The number of rotatable bonds is 5. The number of hydrogen-bond acceptors (Lipinski definition) is 3. The SMILES string of the molecule is O=S(=O)(O[Si](c1cccc2ccccc12)(c1cccc2ccccc12)c1cccc2ccccc12)C(F)(F)F. The summed E-state index contributed by atoms with van der Waals surface area (Å²) in [5, 5.41) is 5.43. The number of halogens is 3. The van der Waals surface area contributed by atoms with Gasteiger partial charge in [0.05, 0.1) is 0 Å². The summed E-state index contributed by atoms with van der Waals surface area (Å²) in [6, 6.07) is 37.6. The zero-order valence-electron chi connectivity index (χ0n) is 20.4. The first-order valence-electron chi connectivity index (χ1n) is 12.2. The Bertz CT molecular complexity index is 1760. The van der Waals surface area contributed by atoms with Gasteiger partial charge in [-0.1, -0.05) is 127 Å². The molecule has 6 aromatic rings. The first-order valence-corrected chi connectivity index (χ1v) is 15.5. The van der Waals surface area contributed by atoms with Crippen LogP contribution in [0.15, 0.2) is 127 Å². The van der Waals surface area contributed by atoms with E-state index in [-0.39, 0.29) is 0 Å². The van der Waals surface area contributed by atoms with E-state index in [0.717, 1.165) is 16.2 Å². The molecule has 0 fully saturated rings. The first kappa shape index (κ1) is 25.3. The van der Waals surface area contributed by atoms with Crippen molar-refractivity contribution >= 4 is 66.3 Å². The van der Waals surface area contributed by atoms with Crippen LogP contribution in [0.5, 0.6) is 0 Å². The minimum atomic E-state index is -6.04. The highest BCUT2D eigenvalue weighted by Crippen LogP contribution is 2.31. The second-order valence-corrected chi connectivity index (χ2v) is 14.3. The summed E-state index contributed by atoms with van der Waals surface area (Å²) in [7, 11) is -10.5. The molecular formula is C31H21F3O3SSi. The Morgan fingerprint density at radius 2 is 0.795 bits per heavy atom. The van der Waals surface area contributed by atoms with Crippen molar-refractivity contribution in [2.24, 2.45) is 0 Å². The zero-order valence-corrected chi connectivity index (χ0v) is 22.2. The lowest BCUT2D eigenvalue weighted by Gasteiger charge is -2.34. The third-order valence-electron chi connectivity index (χ3n) is 7.02. The molecule has 0 saturated carbocycles. The molecule has 0 aliphatic carbocycles. The normalized spacial score (nSPS) is 12.8. The second-order valence-electron chi connectivity index (χ2n) is 9.24. The lowest BCUT2D eigenvalue weighted by molar-refractivity contribution is -0.0501. The Labute approximate surface area is 224 Å². The molecule has 0 saturated heterocycles. The molecule has 194 valence electrons. The maximum Gasteiger partial charge on any atom is 0.522 e. The highest BCUT2D eigenvalue weighted by Gasteiger charge is 2.56. The summed E-state index contributed by atoms with van der Waals surface area (Å²) < 4.78 is 74.4. The summed E-state index contributed by atoms with van der Waals surface area (Å²) in [5.74, 6) is 0. The molecule has 0 bridgehead atoms. The van der Waals surface area contributed by atoms with Crippen molar-refractivity contribution in [1.82, 2.24) is 0 Å². The molecule has 0 spiro atoms. The van der Waals surface area contributed by atoms with Crippen LogP contribution in [0.3, 0.4) is 0 Å². The molecular weight excluding hydrogens is 537 g/mol. The first-order chi connectivity index (χ1) is 18.7. The average molecular weight is 559 g/mol. The molecule has 39 heavy (non-hydrogen) atoms. The van der Waals surface area contributed by atoms with Crippen LogP contribution in [0.2, 0.25) is 0 Å².